The van der Waals surface area contributed by atoms with E-state index in [0.29, 0.717) is 0 Å². The second-order valence-corrected chi connectivity index (χ2v) is 6.45. The van der Waals surface area contributed by atoms with Gasteiger partial charge in [-0.3, -0.25) is 0 Å². The Labute approximate surface area is 125 Å². The summed E-state index contributed by atoms with van der Waals surface area (Å²) in [6, 6.07) is 14.9. The lowest BCUT2D eigenvalue weighted by atomic mass is 10.1. The van der Waals surface area contributed by atoms with Crippen molar-refractivity contribution in [2.75, 3.05) is 0 Å². The normalized spacial score (nSPS) is 10.3. The van der Waals surface area contributed by atoms with E-state index in [1.54, 1.807) is 0 Å². The van der Waals surface area contributed by atoms with Gasteiger partial charge in [0.05, 0.1) is 0 Å². The fourth-order valence-corrected chi connectivity index (χ4v) is 3.53. The number of hydrogen-bond acceptors (Lipinski definition) is 0. The molecule has 0 aromatic heterocycles. The van der Waals surface area contributed by atoms with E-state index in [1.165, 1.54) is 18.3 Å². The molecule has 0 heterocycles. The molecule has 0 spiro atoms. The summed E-state index contributed by atoms with van der Waals surface area (Å²) >= 11 is 8.16. The van der Waals surface area contributed by atoms with Crippen molar-refractivity contribution in [1.82, 2.24) is 0 Å². The zero-order chi connectivity index (χ0) is 10.8. The standard InChI is InChI=1S/C12H7BrI2/c13-9-3-1-8(2-4-9)11-6-5-10(14)7-12(11)15/h1-7H. The molecule has 0 aliphatic heterocycles. The van der Waals surface area contributed by atoms with E-state index in [0.717, 1.165) is 4.47 Å². The summed E-state index contributed by atoms with van der Waals surface area (Å²) in [5, 5.41) is 0. The molecular weight excluding hydrogens is 478 g/mol. The van der Waals surface area contributed by atoms with Crippen LogP contribution in [0.25, 0.3) is 11.1 Å². The fourth-order valence-electron chi connectivity index (χ4n) is 1.35. The van der Waals surface area contributed by atoms with Crippen molar-refractivity contribution in [3.8, 4) is 11.1 Å². The summed E-state index contributed by atoms with van der Waals surface area (Å²) < 4.78 is 3.69. The van der Waals surface area contributed by atoms with E-state index in [4.69, 9.17) is 0 Å². The molecule has 0 atom stereocenters. The highest BCUT2D eigenvalue weighted by molar-refractivity contribution is 14.1. The third kappa shape index (κ3) is 2.94. The lowest BCUT2D eigenvalue weighted by molar-refractivity contribution is 1.54. The van der Waals surface area contributed by atoms with Crippen LogP contribution in [-0.4, -0.2) is 0 Å². The Morgan fingerprint density at radius 1 is 0.867 bits per heavy atom. The maximum atomic E-state index is 3.45. The van der Waals surface area contributed by atoms with E-state index in [9.17, 15) is 0 Å². The van der Waals surface area contributed by atoms with E-state index in [-0.39, 0.29) is 0 Å². The first-order chi connectivity index (χ1) is 7.16. The molecule has 15 heavy (non-hydrogen) atoms. The molecule has 0 aliphatic rings. The molecule has 2 aromatic rings. The Bertz CT molecular complexity index is 477. The molecule has 76 valence electrons. The van der Waals surface area contributed by atoms with Crippen molar-refractivity contribution < 1.29 is 0 Å². The van der Waals surface area contributed by atoms with Crippen LogP contribution in [0.15, 0.2) is 46.9 Å². The van der Waals surface area contributed by atoms with E-state index >= 15 is 0 Å². The maximum absolute atomic E-state index is 3.45. The Balaban J connectivity index is 2.49. The van der Waals surface area contributed by atoms with Crippen LogP contribution in [-0.2, 0) is 0 Å². The molecule has 2 rings (SSSR count). The van der Waals surface area contributed by atoms with Gasteiger partial charge in [-0.1, -0.05) is 34.1 Å². The largest absolute Gasteiger partial charge is 0.0532 e. The number of rotatable bonds is 1. The van der Waals surface area contributed by atoms with Crippen molar-refractivity contribution in [3.05, 3.63) is 54.1 Å². The quantitative estimate of drug-likeness (QED) is 0.480. The smallest absolute Gasteiger partial charge is 0.0219 e. The SMILES string of the molecule is Brc1ccc(-c2ccc(I)cc2I)cc1. The first-order valence-corrected chi connectivity index (χ1v) is 7.33. The van der Waals surface area contributed by atoms with E-state index < -0.39 is 0 Å². The molecule has 3 heteroatoms. The first kappa shape index (κ1) is 11.9. The Morgan fingerprint density at radius 2 is 1.53 bits per heavy atom. The average Bonchev–Trinajstić information content (AvgIpc) is 2.20. The van der Waals surface area contributed by atoms with Gasteiger partial charge in [0.1, 0.15) is 0 Å². The predicted molar refractivity (Wildman–Crippen MR) is 85.0 cm³/mol. The topological polar surface area (TPSA) is 0 Å². The number of halogens is 3. The second-order valence-electron chi connectivity index (χ2n) is 3.13. The van der Waals surface area contributed by atoms with Crippen LogP contribution in [0.4, 0.5) is 0 Å². The summed E-state index contributed by atoms with van der Waals surface area (Å²) in [5.41, 5.74) is 2.56. The molecule has 2 aromatic carbocycles. The highest BCUT2D eigenvalue weighted by Crippen LogP contribution is 2.27. The molecule has 0 saturated carbocycles. The molecule has 0 amide bonds. The summed E-state index contributed by atoms with van der Waals surface area (Å²) in [5.74, 6) is 0. The van der Waals surface area contributed by atoms with Gasteiger partial charge in [0, 0.05) is 11.6 Å². The summed E-state index contributed by atoms with van der Waals surface area (Å²) in [7, 11) is 0. The highest BCUT2D eigenvalue weighted by atomic mass is 127. The van der Waals surface area contributed by atoms with Crippen molar-refractivity contribution >= 4 is 61.1 Å². The van der Waals surface area contributed by atoms with Crippen LogP contribution in [0.5, 0.6) is 0 Å². The van der Waals surface area contributed by atoms with Crippen LogP contribution >= 0.6 is 61.1 Å². The molecule has 0 radical (unpaired) electrons. The molecule has 0 saturated heterocycles. The molecule has 0 nitrogen and oxygen atoms in total. The maximum Gasteiger partial charge on any atom is 0.0219 e. The molecule has 0 aliphatic carbocycles. The van der Waals surface area contributed by atoms with Gasteiger partial charge in [-0.25, -0.2) is 0 Å². The molecule has 0 fully saturated rings. The highest BCUT2D eigenvalue weighted by Gasteiger charge is 2.02. The lowest BCUT2D eigenvalue weighted by Crippen LogP contribution is -1.83. The zero-order valence-corrected chi connectivity index (χ0v) is 13.6. The summed E-state index contributed by atoms with van der Waals surface area (Å²) in [6.07, 6.45) is 0. The molecule has 0 unspecified atom stereocenters. The summed E-state index contributed by atoms with van der Waals surface area (Å²) in [4.78, 5) is 0. The minimum Gasteiger partial charge on any atom is -0.0532 e. The summed E-state index contributed by atoms with van der Waals surface area (Å²) in [6.45, 7) is 0. The van der Waals surface area contributed by atoms with Gasteiger partial charge in [0.25, 0.3) is 0 Å². The number of benzene rings is 2. The molecule has 0 N–H and O–H groups in total. The zero-order valence-electron chi connectivity index (χ0n) is 7.68. The molecule has 0 bridgehead atoms. The third-order valence-corrected chi connectivity index (χ3v) is 4.18. The van der Waals surface area contributed by atoms with Crippen LogP contribution in [0.3, 0.4) is 0 Å². The minimum absolute atomic E-state index is 1.12. The van der Waals surface area contributed by atoms with Crippen molar-refractivity contribution in [2.45, 2.75) is 0 Å². The van der Waals surface area contributed by atoms with Gasteiger partial charge in [-0.15, -0.1) is 0 Å². The fraction of sp³-hybridized carbons (Fsp3) is 0. The third-order valence-electron chi connectivity index (χ3n) is 2.09. The van der Waals surface area contributed by atoms with E-state index in [1.807, 2.05) is 0 Å². The van der Waals surface area contributed by atoms with Gasteiger partial charge in [-0.2, -0.15) is 0 Å². The monoisotopic (exact) mass is 484 g/mol. The van der Waals surface area contributed by atoms with E-state index in [2.05, 4.69) is 104 Å². The number of hydrogen-bond donors (Lipinski definition) is 0. The van der Waals surface area contributed by atoms with Gasteiger partial charge >= 0.3 is 0 Å². The second kappa shape index (κ2) is 5.14. The van der Waals surface area contributed by atoms with Gasteiger partial charge < -0.3 is 0 Å². The van der Waals surface area contributed by atoms with Crippen LogP contribution in [0, 0.1) is 7.14 Å². The minimum atomic E-state index is 1.12. The van der Waals surface area contributed by atoms with Gasteiger partial charge in [0.2, 0.25) is 0 Å². The Morgan fingerprint density at radius 3 is 2.13 bits per heavy atom. The molecular formula is C12H7BrI2. The average molecular weight is 485 g/mol. The lowest BCUT2D eigenvalue weighted by Gasteiger charge is -2.05. The first-order valence-electron chi connectivity index (χ1n) is 4.38. The van der Waals surface area contributed by atoms with Gasteiger partial charge in [-0.05, 0) is 80.6 Å². The predicted octanol–water partition coefficient (Wildman–Crippen LogP) is 5.33. The Kier molecular flexibility index (Phi) is 4.06. The van der Waals surface area contributed by atoms with Crippen LogP contribution < -0.4 is 0 Å². The van der Waals surface area contributed by atoms with Crippen molar-refractivity contribution in [2.24, 2.45) is 0 Å². The van der Waals surface area contributed by atoms with Crippen molar-refractivity contribution in [3.63, 3.8) is 0 Å². The van der Waals surface area contributed by atoms with Crippen LogP contribution in [0.1, 0.15) is 0 Å². The van der Waals surface area contributed by atoms with Crippen molar-refractivity contribution in [1.29, 1.82) is 0 Å². The van der Waals surface area contributed by atoms with Gasteiger partial charge in [0.15, 0.2) is 0 Å². The Hall–Kier alpha value is 0.380. The van der Waals surface area contributed by atoms with Crippen LogP contribution in [0.2, 0.25) is 0 Å².